The Balaban J connectivity index is 3.09. The van der Waals surface area contributed by atoms with Gasteiger partial charge in [-0.15, -0.1) is 0 Å². The van der Waals surface area contributed by atoms with E-state index in [0.29, 0.717) is 5.56 Å². The summed E-state index contributed by atoms with van der Waals surface area (Å²) >= 11 is 0. The van der Waals surface area contributed by atoms with Crippen LogP contribution in [0.15, 0.2) is 18.2 Å². The third-order valence-corrected chi connectivity index (χ3v) is 1.77. The summed E-state index contributed by atoms with van der Waals surface area (Å²) in [4.78, 5) is 0. The number of halogens is 3. The van der Waals surface area contributed by atoms with Crippen molar-refractivity contribution in [2.45, 2.75) is 12.6 Å². The van der Waals surface area contributed by atoms with Crippen LogP contribution in [0.2, 0.25) is 0 Å². The molecule has 1 aromatic rings. The number of rotatable bonds is 2. The Kier molecular flexibility index (Phi) is 3.00. The van der Waals surface area contributed by atoms with Gasteiger partial charge >= 0.3 is 6.18 Å². The van der Waals surface area contributed by atoms with Crippen molar-refractivity contribution in [1.29, 1.82) is 0 Å². The molecule has 0 saturated carbocycles. The molecule has 2 N–H and O–H groups in total. The van der Waals surface area contributed by atoms with Gasteiger partial charge in [0.25, 0.3) is 0 Å². The molecule has 0 aliphatic carbocycles. The lowest BCUT2D eigenvalue weighted by atomic mass is 10.1. The van der Waals surface area contributed by atoms with E-state index < -0.39 is 17.5 Å². The molecule has 0 saturated heterocycles. The van der Waals surface area contributed by atoms with E-state index in [2.05, 4.69) is 0 Å². The first-order chi connectivity index (χ1) is 6.45. The van der Waals surface area contributed by atoms with Gasteiger partial charge in [-0.1, -0.05) is 6.07 Å². The van der Waals surface area contributed by atoms with Crippen molar-refractivity contribution in [3.8, 4) is 5.75 Å². The number of benzene rings is 1. The van der Waals surface area contributed by atoms with Crippen molar-refractivity contribution in [2.75, 3.05) is 6.61 Å². The van der Waals surface area contributed by atoms with E-state index in [-0.39, 0.29) is 13.0 Å². The number of aliphatic hydroxyl groups excluding tert-OH is 1. The summed E-state index contributed by atoms with van der Waals surface area (Å²) < 4.78 is 36.7. The van der Waals surface area contributed by atoms with Crippen LogP contribution in [0.1, 0.15) is 11.1 Å². The second-order valence-electron chi connectivity index (χ2n) is 2.82. The Labute approximate surface area is 78.6 Å². The van der Waals surface area contributed by atoms with Crippen LogP contribution in [-0.2, 0) is 12.6 Å². The average molecular weight is 206 g/mol. The second kappa shape index (κ2) is 3.88. The molecule has 2 nitrogen and oxygen atoms in total. The molecule has 0 bridgehead atoms. The maximum absolute atomic E-state index is 12.2. The van der Waals surface area contributed by atoms with Gasteiger partial charge in [0.05, 0.1) is 5.56 Å². The first-order valence-electron chi connectivity index (χ1n) is 3.95. The smallest absolute Gasteiger partial charge is 0.419 e. The maximum Gasteiger partial charge on any atom is 0.419 e. The fraction of sp³-hybridized carbons (Fsp3) is 0.333. The van der Waals surface area contributed by atoms with Crippen molar-refractivity contribution in [2.24, 2.45) is 0 Å². The number of aliphatic hydroxyl groups is 1. The predicted octanol–water partition coefficient (Wildman–Crippen LogP) is 1.95. The largest absolute Gasteiger partial charge is 0.507 e. The summed E-state index contributed by atoms with van der Waals surface area (Å²) in [5.74, 6) is -0.792. The van der Waals surface area contributed by atoms with Crippen molar-refractivity contribution in [3.05, 3.63) is 29.3 Å². The molecule has 0 aromatic heterocycles. The summed E-state index contributed by atoms with van der Waals surface area (Å²) in [5, 5.41) is 17.5. The fourth-order valence-electron chi connectivity index (χ4n) is 1.09. The van der Waals surface area contributed by atoms with E-state index in [1.807, 2.05) is 0 Å². The number of alkyl halides is 3. The highest BCUT2D eigenvalue weighted by molar-refractivity contribution is 5.38. The summed E-state index contributed by atoms with van der Waals surface area (Å²) in [6, 6.07) is 3.17. The van der Waals surface area contributed by atoms with Gasteiger partial charge < -0.3 is 10.2 Å². The lowest BCUT2D eigenvalue weighted by molar-refractivity contribution is -0.138. The first-order valence-corrected chi connectivity index (χ1v) is 3.95. The van der Waals surface area contributed by atoms with Crippen LogP contribution < -0.4 is 0 Å². The molecule has 78 valence electrons. The molecule has 0 unspecified atom stereocenters. The van der Waals surface area contributed by atoms with Crippen LogP contribution in [0.3, 0.4) is 0 Å². The predicted molar refractivity (Wildman–Crippen MR) is 43.9 cm³/mol. The van der Waals surface area contributed by atoms with Crippen LogP contribution in [0.5, 0.6) is 5.75 Å². The molecule has 0 amide bonds. The summed E-state index contributed by atoms with van der Waals surface area (Å²) in [5.41, 5.74) is -0.721. The molecule has 1 rings (SSSR count). The fourth-order valence-corrected chi connectivity index (χ4v) is 1.09. The molecule has 0 heterocycles. The summed E-state index contributed by atoms with van der Waals surface area (Å²) in [6.07, 6.45) is -4.42. The van der Waals surface area contributed by atoms with E-state index in [1.165, 1.54) is 6.07 Å². The SMILES string of the molecule is OCCc1ccc(O)c(C(F)(F)F)c1. The van der Waals surface area contributed by atoms with Crippen LogP contribution in [0.25, 0.3) is 0 Å². The number of hydrogen-bond acceptors (Lipinski definition) is 2. The van der Waals surface area contributed by atoms with Crippen molar-refractivity contribution in [1.82, 2.24) is 0 Å². The van der Waals surface area contributed by atoms with E-state index in [4.69, 9.17) is 10.2 Å². The molecule has 0 spiro atoms. The van der Waals surface area contributed by atoms with Crippen LogP contribution in [0, 0.1) is 0 Å². The topological polar surface area (TPSA) is 40.5 Å². The third kappa shape index (κ3) is 2.38. The van der Waals surface area contributed by atoms with E-state index >= 15 is 0 Å². The van der Waals surface area contributed by atoms with Crippen LogP contribution in [0.4, 0.5) is 13.2 Å². The zero-order valence-corrected chi connectivity index (χ0v) is 7.17. The average Bonchev–Trinajstić information content (AvgIpc) is 2.07. The van der Waals surface area contributed by atoms with Gasteiger partial charge in [0.1, 0.15) is 5.75 Å². The number of phenols is 1. The Morgan fingerprint density at radius 1 is 1.21 bits per heavy atom. The molecule has 0 fully saturated rings. The highest BCUT2D eigenvalue weighted by Crippen LogP contribution is 2.35. The Bertz CT molecular complexity index is 320. The van der Waals surface area contributed by atoms with Gasteiger partial charge in [0.2, 0.25) is 0 Å². The lowest BCUT2D eigenvalue weighted by Gasteiger charge is -2.10. The van der Waals surface area contributed by atoms with Gasteiger partial charge in [-0.25, -0.2) is 0 Å². The van der Waals surface area contributed by atoms with Crippen LogP contribution in [-0.4, -0.2) is 16.8 Å². The molecule has 1 aromatic carbocycles. The van der Waals surface area contributed by atoms with Gasteiger partial charge in [-0.3, -0.25) is 0 Å². The molecule has 5 heteroatoms. The zero-order chi connectivity index (χ0) is 10.8. The third-order valence-electron chi connectivity index (χ3n) is 1.77. The van der Waals surface area contributed by atoms with E-state index in [1.54, 1.807) is 0 Å². The van der Waals surface area contributed by atoms with E-state index in [9.17, 15) is 13.2 Å². The van der Waals surface area contributed by atoms with Crippen molar-refractivity contribution < 1.29 is 23.4 Å². The minimum atomic E-state index is -4.56. The van der Waals surface area contributed by atoms with Gasteiger partial charge in [-0.05, 0) is 24.1 Å². The Morgan fingerprint density at radius 3 is 2.36 bits per heavy atom. The first kappa shape index (κ1) is 10.8. The monoisotopic (exact) mass is 206 g/mol. The highest BCUT2D eigenvalue weighted by Gasteiger charge is 2.33. The zero-order valence-electron chi connectivity index (χ0n) is 7.17. The van der Waals surface area contributed by atoms with Gasteiger partial charge in [0.15, 0.2) is 0 Å². The van der Waals surface area contributed by atoms with Gasteiger partial charge in [0, 0.05) is 6.61 Å². The maximum atomic E-state index is 12.2. The number of phenolic OH excluding ortho intramolecular Hbond substituents is 1. The molecule has 0 atom stereocenters. The van der Waals surface area contributed by atoms with Crippen molar-refractivity contribution in [3.63, 3.8) is 0 Å². The molecule has 0 radical (unpaired) electrons. The van der Waals surface area contributed by atoms with Gasteiger partial charge in [-0.2, -0.15) is 13.2 Å². The quantitative estimate of drug-likeness (QED) is 0.776. The molecule has 0 aliphatic rings. The summed E-state index contributed by atoms with van der Waals surface area (Å²) in [6.45, 7) is -0.220. The molecular weight excluding hydrogens is 197 g/mol. The Morgan fingerprint density at radius 2 is 1.86 bits per heavy atom. The lowest BCUT2D eigenvalue weighted by Crippen LogP contribution is -2.06. The number of aromatic hydroxyl groups is 1. The number of hydrogen-bond donors (Lipinski definition) is 2. The standard InChI is InChI=1S/C9H9F3O2/c10-9(11,12)7-5-6(3-4-13)1-2-8(7)14/h1-2,5,13-14H,3-4H2. The minimum absolute atomic E-state index is 0.142. The van der Waals surface area contributed by atoms with E-state index in [0.717, 1.165) is 12.1 Å². The van der Waals surface area contributed by atoms with Crippen LogP contribution >= 0.6 is 0 Å². The molecule has 0 aliphatic heterocycles. The molecule has 14 heavy (non-hydrogen) atoms. The Hall–Kier alpha value is -1.23. The highest BCUT2D eigenvalue weighted by atomic mass is 19.4. The second-order valence-corrected chi connectivity index (χ2v) is 2.82. The minimum Gasteiger partial charge on any atom is -0.507 e. The molecular formula is C9H9F3O2. The normalized spacial score (nSPS) is 11.7. The van der Waals surface area contributed by atoms with Crippen molar-refractivity contribution >= 4 is 0 Å². The summed E-state index contributed by atoms with van der Waals surface area (Å²) in [7, 11) is 0.